The third-order valence-electron chi connectivity index (χ3n) is 4.36. The van der Waals surface area contributed by atoms with Crippen LogP contribution in [0.5, 0.6) is 0 Å². The Balaban J connectivity index is 1.58. The zero-order valence-electron chi connectivity index (χ0n) is 14.0. The summed E-state index contributed by atoms with van der Waals surface area (Å²) in [6.07, 6.45) is -3.73. The van der Waals surface area contributed by atoms with Crippen LogP contribution in [0, 0.1) is 6.92 Å². The third kappa shape index (κ3) is 3.16. The van der Waals surface area contributed by atoms with E-state index < -0.39 is 12.0 Å². The van der Waals surface area contributed by atoms with Crippen LogP contribution in [-0.4, -0.2) is 38.7 Å². The molecule has 0 radical (unpaired) electrons. The lowest BCUT2D eigenvalue weighted by molar-refractivity contribution is -0.144. The minimum absolute atomic E-state index is 0.0577. The lowest BCUT2D eigenvalue weighted by Gasteiger charge is -2.19. The molecule has 6 nitrogen and oxygen atoms in total. The number of hydrogen-bond donors (Lipinski definition) is 1. The summed E-state index contributed by atoms with van der Waals surface area (Å²) in [5.74, 6) is -0.774. The van der Waals surface area contributed by atoms with Crippen LogP contribution in [0.25, 0.3) is 5.78 Å². The summed E-state index contributed by atoms with van der Waals surface area (Å²) in [5, 5.41) is 6.89. The van der Waals surface area contributed by atoms with Crippen molar-refractivity contribution in [2.75, 3.05) is 23.3 Å². The third-order valence-corrected chi connectivity index (χ3v) is 4.36. The fourth-order valence-electron chi connectivity index (χ4n) is 3.17. The lowest BCUT2D eigenvalue weighted by atomic mass is 10.2. The summed E-state index contributed by atoms with van der Waals surface area (Å²) in [7, 11) is 0. The van der Waals surface area contributed by atoms with Gasteiger partial charge in [0, 0.05) is 36.6 Å². The highest BCUT2D eigenvalue weighted by molar-refractivity contribution is 5.50. The number of halogens is 3. The predicted octanol–water partition coefficient (Wildman–Crippen LogP) is 3.14. The number of para-hydroxylation sites is 1. The average molecular weight is 362 g/mol. The molecular weight excluding hydrogens is 345 g/mol. The number of anilines is 2. The van der Waals surface area contributed by atoms with Crippen molar-refractivity contribution in [1.29, 1.82) is 0 Å². The van der Waals surface area contributed by atoms with E-state index in [1.807, 2.05) is 30.3 Å². The van der Waals surface area contributed by atoms with Crippen LogP contribution < -0.4 is 10.2 Å². The molecule has 1 aromatic carbocycles. The highest BCUT2D eigenvalue weighted by Gasteiger charge is 2.37. The van der Waals surface area contributed by atoms with Gasteiger partial charge in [-0.2, -0.15) is 22.7 Å². The molecule has 1 aliphatic heterocycles. The van der Waals surface area contributed by atoms with E-state index in [9.17, 15) is 13.2 Å². The van der Waals surface area contributed by atoms with Crippen molar-refractivity contribution in [2.45, 2.75) is 25.6 Å². The van der Waals surface area contributed by atoms with Crippen LogP contribution in [0.2, 0.25) is 0 Å². The van der Waals surface area contributed by atoms with Gasteiger partial charge in [0.1, 0.15) is 5.82 Å². The van der Waals surface area contributed by atoms with Crippen LogP contribution >= 0.6 is 0 Å². The number of benzene rings is 1. The maximum atomic E-state index is 12.9. The molecule has 1 N–H and O–H groups in total. The maximum absolute atomic E-state index is 12.9. The Kier molecular flexibility index (Phi) is 3.93. The number of nitrogens with one attached hydrogen (secondary N) is 1. The van der Waals surface area contributed by atoms with Crippen LogP contribution in [0.15, 0.2) is 36.4 Å². The van der Waals surface area contributed by atoms with Gasteiger partial charge in [-0.1, -0.05) is 18.2 Å². The molecule has 4 rings (SSSR count). The SMILES string of the molecule is Cc1cc(NC2CCN(c3ccccc3)C2)n2nc(C(F)(F)F)nc2n1. The second kappa shape index (κ2) is 6.15. The van der Waals surface area contributed by atoms with E-state index in [4.69, 9.17) is 0 Å². The van der Waals surface area contributed by atoms with Gasteiger partial charge < -0.3 is 10.2 Å². The van der Waals surface area contributed by atoms with E-state index in [1.165, 1.54) is 0 Å². The molecular formula is C17H17F3N6. The molecule has 1 unspecified atom stereocenters. The van der Waals surface area contributed by atoms with Gasteiger partial charge in [-0.15, -0.1) is 5.10 Å². The van der Waals surface area contributed by atoms with Crippen LogP contribution in [0.1, 0.15) is 17.9 Å². The molecule has 1 saturated heterocycles. The predicted molar refractivity (Wildman–Crippen MR) is 91.2 cm³/mol. The highest BCUT2D eigenvalue weighted by Crippen LogP contribution is 2.28. The molecule has 3 aromatic rings. The zero-order valence-corrected chi connectivity index (χ0v) is 14.0. The maximum Gasteiger partial charge on any atom is 0.453 e. The van der Waals surface area contributed by atoms with Crippen molar-refractivity contribution >= 4 is 17.3 Å². The molecule has 0 spiro atoms. The summed E-state index contributed by atoms with van der Waals surface area (Å²) in [4.78, 5) is 9.80. The first kappa shape index (κ1) is 16.6. The molecule has 0 bridgehead atoms. The van der Waals surface area contributed by atoms with Gasteiger partial charge >= 0.3 is 6.18 Å². The minimum Gasteiger partial charge on any atom is -0.369 e. The van der Waals surface area contributed by atoms with Crippen molar-refractivity contribution in [3.63, 3.8) is 0 Å². The number of aromatic nitrogens is 4. The fraction of sp³-hybridized carbons (Fsp3) is 0.353. The summed E-state index contributed by atoms with van der Waals surface area (Å²) in [6.45, 7) is 3.35. The number of nitrogens with zero attached hydrogens (tertiary/aromatic N) is 5. The van der Waals surface area contributed by atoms with Gasteiger partial charge in [0.2, 0.25) is 0 Å². The van der Waals surface area contributed by atoms with Crippen molar-refractivity contribution < 1.29 is 13.2 Å². The second-order valence-corrected chi connectivity index (χ2v) is 6.34. The topological polar surface area (TPSA) is 58.4 Å². The zero-order chi connectivity index (χ0) is 18.3. The quantitative estimate of drug-likeness (QED) is 0.776. The van der Waals surface area contributed by atoms with Gasteiger partial charge in [-0.05, 0) is 25.5 Å². The molecule has 3 heterocycles. The average Bonchev–Trinajstić information content (AvgIpc) is 3.22. The number of aryl methyl sites for hydroxylation is 1. The highest BCUT2D eigenvalue weighted by atomic mass is 19.4. The van der Waals surface area contributed by atoms with Gasteiger partial charge in [-0.3, -0.25) is 0 Å². The number of hydrogen-bond acceptors (Lipinski definition) is 5. The van der Waals surface area contributed by atoms with Crippen LogP contribution in [0.3, 0.4) is 0 Å². The molecule has 26 heavy (non-hydrogen) atoms. The van der Waals surface area contributed by atoms with Crippen LogP contribution in [-0.2, 0) is 6.18 Å². The molecule has 9 heteroatoms. The number of fused-ring (bicyclic) bond motifs is 1. The van der Waals surface area contributed by atoms with E-state index in [2.05, 4.69) is 25.3 Å². The molecule has 0 amide bonds. The van der Waals surface area contributed by atoms with Crippen molar-refractivity contribution in [3.8, 4) is 0 Å². The molecule has 2 aromatic heterocycles. The number of alkyl halides is 3. The Bertz CT molecular complexity index is 921. The van der Waals surface area contributed by atoms with Gasteiger partial charge in [0.25, 0.3) is 11.6 Å². The fourth-order valence-corrected chi connectivity index (χ4v) is 3.17. The Morgan fingerprint density at radius 2 is 1.92 bits per heavy atom. The summed E-state index contributed by atoms with van der Waals surface area (Å²) in [6, 6.07) is 11.8. The Morgan fingerprint density at radius 3 is 2.65 bits per heavy atom. The van der Waals surface area contributed by atoms with E-state index >= 15 is 0 Å². The smallest absolute Gasteiger partial charge is 0.369 e. The normalized spacial score (nSPS) is 17.8. The van der Waals surface area contributed by atoms with Crippen molar-refractivity contribution in [3.05, 3.63) is 47.9 Å². The number of rotatable bonds is 3. The standard InChI is InChI=1S/C17H17F3N6/c1-11-9-14(26-16(21-11)23-15(24-26)17(18,19)20)22-12-7-8-25(10-12)13-5-3-2-4-6-13/h2-6,9,12,22H,7-8,10H2,1H3. The first-order chi connectivity index (χ1) is 12.4. The monoisotopic (exact) mass is 362 g/mol. The summed E-state index contributed by atoms with van der Waals surface area (Å²) < 4.78 is 39.9. The van der Waals surface area contributed by atoms with Crippen LogP contribution in [0.4, 0.5) is 24.7 Å². The molecule has 0 saturated carbocycles. The van der Waals surface area contributed by atoms with Gasteiger partial charge in [0.15, 0.2) is 0 Å². The molecule has 136 valence electrons. The van der Waals surface area contributed by atoms with E-state index in [0.29, 0.717) is 11.5 Å². The summed E-state index contributed by atoms with van der Waals surface area (Å²) >= 11 is 0. The molecule has 1 aliphatic rings. The van der Waals surface area contributed by atoms with Gasteiger partial charge in [-0.25, -0.2) is 4.98 Å². The Labute approximate surface area is 147 Å². The molecule has 1 atom stereocenters. The van der Waals surface area contributed by atoms with Gasteiger partial charge in [0.05, 0.1) is 0 Å². The Morgan fingerprint density at radius 1 is 1.15 bits per heavy atom. The van der Waals surface area contributed by atoms with E-state index in [0.717, 1.165) is 29.7 Å². The van der Waals surface area contributed by atoms with Crippen molar-refractivity contribution in [1.82, 2.24) is 19.6 Å². The van der Waals surface area contributed by atoms with Crippen molar-refractivity contribution in [2.24, 2.45) is 0 Å². The first-order valence-electron chi connectivity index (χ1n) is 8.28. The minimum atomic E-state index is -4.60. The summed E-state index contributed by atoms with van der Waals surface area (Å²) in [5.41, 5.74) is 1.71. The molecule has 0 aliphatic carbocycles. The van der Waals surface area contributed by atoms with E-state index in [-0.39, 0.29) is 11.8 Å². The van der Waals surface area contributed by atoms with E-state index in [1.54, 1.807) is 13.0 Å². The second-order valence-electron chi connectivity index (χ2n) is 6.34. The largest absolute Gasteiger partial charge is 0.453 e. The molecule has 1 fully saturated rings. The Hall–Kier alpha value is -2.84. The first-order valence-corrected chi connectivity index (χ1v) is 8.28. The lowest BCUT2D eigenvalue weighted by Crippen LogP contribution is -2.27.